The van der Waals surface area contributed by atoms with Gasteiger partial charge in [-0.15, -0.1) is 0 Å². The van der Waals surface area contributed by atoms with Gasteiger partial charge in [-0.3, -0.25) is 4.79 Å². The molecule has 4 heteroatoms. The number of aryl methyl sites for hydroxylation is 1. The van der Waals surface area contributed by atoms with Gasteiger partial charge < -0.3 is 10.4 Å². The van der Waals surface area contributed by atoms with Crippen molar-refractivity contribution in [1.29, 1.82) is 0 Å². The van der Waals surface area contributed by atoms with Crippen molar-refractivity contribution in [3.05, 3.63) is 41.5 Å². The van der Waals surface area contributed by atoms with Gasteiger partial charge in [0.25, 0.3) is 0 Å². The lowest BCUT2D eigenvalue weighted by atomic mass is 9.92. The summed E-state index contributed by atoms with van der Waals surface area (Å²) in [6.45, 7) is 1.74. The number of nitrogens with one attached hydrogen (secondary N) is 1. The Balaban J connectivity index is 1.81. The van der Waals surface area contributed by atoms with Crippen LogP contribution >= 0.6 is 0 Å². The van der Waals surface area contributed by atoms with Crippen LogP contribution in [0.4, 0.5) is 5.69 Å². The fourth-order valence-corrected chi connectivity index (χ4v) is 3.36. The molecule has 0 aromatic heterocycles. The number of benzene rings is 1. The molecule has 3 atom stereocenters. The van der Waals surface area contributed by atoms with E-state index in [0.717, 1.165) is 12.8 Å². The SMILES string of the molecule is Cc1cccc(NC(=O)C2CC3C=CC2C3)c1C(=O)O. The molecule has 0 spiro atoms. The number of fused-ring (bicyclic) bond motifs is 2. The van der Waals surface area contributed by atoms with Crippen LogP contribution in [0.3, 0.4) is 0 Å². The summed E-state index contributed by atoms with van der Waals surface area (Å²) in [7, 11) is 0. The van der Waals surface area contributed by atoms with E-state index in [4.69, 9.17) is 0 Å². The third-order valence-corrected chi connectivity index (χ3v) is 4.36. The van der Waals surface area contributed by atoms with Gasteiger partial charge in [0.05, 0.1) is 11.3 Å². The van der Waals surface area contributed by atoms with Crippen molar-refractivity contribution in [2.45, 2.75) is 19.8 Å². The highest BCUT2D eigenvalue weighted by Crippen LogP contribution is 2.43. The van der Waals surface area contributed by atoms with E-state index >= 15 is 0 Å². The van der Waals surface area contributed by atoms with Crippen molar-refractivity contribution >= 4 is 17.6 Å². The summed E-state index contributed by atoms with van der Waals surface area (Å²) in [5, 5.41) is 12.1. The maximum absolute atomic E-state index is 12.4. The summed E-state index contributed by atoms with van der Waals surface area (Å²) in [6.07, 6.45) is 6.23. The highest BCUT2D eigenvalue weighted by Gasteiger charge is 2.39. The summed E-state index contributed by atoms with van der Waals surface area (Å²) in [6, 6.07) is 5.15. The molecule has 1 aromatic rings. The van der Waals surface area contributed by atoms with Crippen molar-refractivity contribution in [1.82, 2.24) is 0 Å². The Labute approximate surface area is 117 Å². The van der Waals surface area contributed by atoms with Gasteiger partial charge in [0.1, 0.15) is 0 Å². The topological polar surface area (TPSA) is 66.4 Å². The molecule has 1 amide bonds. The van der Waals surface area contributed by atoms with Crippen LogP contribution in [0.25, 0.3) is 0 Å². The quantitative estimate of drug-likeness (QED) is 0.831. The molecule has 0 saturated heterocycles. The van der Waals surface area contributed by atoms with Crippen LogP contribution in [0.1, 0.15) is 28.8 Å². The molecule has 20 heavy (non-hydrogen) atoms. The second-order valence-electron chi connectivity index (χ2n) is 5.68. The van der Waals surface area contributed by atoms with Crippen LogP contribution in [0.2, 0.25) is 0 Å². The van der Waals surface area contributed by atoms with Crippen LogP contribution in [0.5, 0.6) is 0 Å². The number of amides is 1. The molecule has 2 N–H and O–H groups in total. The first-order chi connectivity index (χ1) is 9.56. The van der Waals surface area contributed by atoms with Gasteiger partial charge >= 0.3 is 5.97 Å². The van der Waals surface area contributed by atoms with E-state index in [1.54, 1.807) is 25.1 Å². The van der Waals surface area contributed by atoms with E-state index in [0.29, 0.717) is 23.1 Å². The van der Waals surface area contributed by atoms with Crippen molar-refractivity contribution < 1.29 is 14.7 Å². The minimum absolute atomic E-state index is 0.0212. The highest BCUT2D eigenvalue weighted by atomic mass is 16.4. The molecule has 2 aliphatic rings. The Hall–Kier alpha value is -2.10. The number of aromatic carboxylic acids is 1. The fourth-order valence-electron chi connectivity index (χ4n) is 3.36. The molecular weight excluding hydrogens is 254 g/mol. The first-order valence-corrected chi connectivity index (χ1v) is 6.88. The van der Waals surface area contributed by atoms with E-state index in [1.807, 2.05) is 0 Å². The average Bonchev–Trinajstić information content (AvgIpc) is 3.00. The Morgan fingerprint density at radius 3 is 2.65 bits per heavy atom. The molecule has 1 fully saturated rings. The Bertz CT molecular complexity index is 606. The van der Waals surface area contributed by atoms with Crippen molar-refractivity contribution in [3.8, 4) is 0 Å². The largest absolute Gasteiger partial charge is 0.478 e. The zero-order valence-electron chi connectivity index (χ0n) is 11.3. The average molecular weight is 271 g/mol. The molecule has 4 nitrogen and oxygen atoms in total. The van der Waals surface area contributed by atoms with Crippen LogP contribution in [0.15, 0.2) is 30.4 Å². The van der Waals surface area contributed by atoms with Gasteiger partial charge in [-0.25, -0.2) is 4.79 Å². The number of anilines is 1. The number of hydrogen-bond acceptors (Lipinski definition) is 2. The summed E-state index contributed by atoms with van der Waals surface area (Å²) >= 11 is 0. The second kappa shape index (κ2) is 4.78. The maximum atomic E-state index is 12.4. The zero-order valence-corrected chi connectivity index (χ0v) is 11.3. The van der Waals surface area contributed by atoms with Gasteiger partial charge in [-0.1, -0.05) is 24.3 Å². The minimum atomic E-state index is -1.01. The Kier molecular flexibility index (Phi) is 3.08. The number of carbonyl (C=O) groups is 2. The Morgan fingerprint density at radius 2 is 2.05 bits per heavy atom. The van der Waals surface area contributed by atoms with Gasteiger partial charge in [-0.2, -0.15) is 0 Å². The van der Waals surface area contributed by atoms with Crippen molar-refractivity contribution in [3.63, 3.8) is 0 Å². The van der Waals surface area contributed by atoms with Gasteiger partial charge in [-0.05, 0) is 43.2 Å². The van der Waals surface area contributed by atoms with E-state index in [9.17, 15) is 14.7 Å². The van der Waals surface area contributed by atoms with Gasteiger partial charge in [0.2, 0.25) is 5.91 Å². The number of rotatable bonds is 3. The summed E-state index contributed by atoms with van der Waals surface area (Å²) in [4.78, 5) is 23.7. The number of allylic oxidation sites excluding steroid dienone is 2. The van der Waals surface area contributed by atoms with Crippen LogP contribution in [0, 0.1) is 24.7 Å². The molecule has 2 aliphatic carbocycles. The first kappa shape index (κ1) is 12.9. The van der Waals surface area contributed by atoms with Gasteiger partial charge in [0, 0.05) is 5.92 Å². The van der Waals surface area contributed by atoms with Crippen molar-refractivity contribution in [2.75, 3.05) is 5.32 Å². The number of carboxylic acids is 1. The molecule has 0 heterocycles. The third-order valence-electron chi connectivity index (χ3n) is 4.36. The minimum Gasteiger partial charge on any atom is -0.478 e. The standard InChI is InChI=1S/C16H17NO3/c1-9-3-2-4-13(14(9)16(19)20)17-15(18)12-8-10-5-6-11(12)7-10/h2-6,10-12H,7-8H2,1H3,(H,17,18)(H,19,20). The second-order valence-corrected chi connectivity index (χ2v) is 5.68. The fraction of sp³-hybridized carbons (Fsp3) is 0.375. The molecule has 2 bridgehead atoms. The van der Waals surface area contributed by atoms with Gasteiger partial charge in [0.15, 0.2) is 0 Å². The van der Waals surface area contributed by atoms with E-state index in [2.05, 4.69) is 17.5 Å². The van der Waals surface area contributed by atoms with E-state index < -0.39 is 5.97 Å². The number of carbonyl (C=O) groups excluding carboxylic acids is 1. The lowest BCUT2D eigenvalue weighted by Gasteiger charge is -2.18. The smallest absolute Gasteiger partial charge is 0.338 e. The molecule has 0 aliphatic heterocycles. The predicted octanol–water partition coefficient (Wildman–Crippen LogP) is 2.84. The molecule has 1 saturated carbocycles. The van der Waals surface area contributed by atoms with Crippen LogP contribution in [-0.4, -0.2) is 17.0 Å². The van der Waals surface area contributed by atoms with E-state index in [-0.39, 0.29) is 17.4 Å². The third kappa shape index (κ3) is 2.11. The zero-order chi connectivity index (χ0) is 14.3. The first-order valence-electron chi connectivity index (χ1n) is 6.88. The predicted molar refractivity (Wildman–Crippen MR) is 75.6 cm³/mol. The molecule has 104 valence electrons. The molecule has 1 aromatic carbocycles. The summed E-state index contributed by atoms with van der Waals surface area (Å²) < 4.78 is 0. The lowest BCUT2D eigenvalue weighted by molar-refractivity contribution is -0.120. The highest BCUT2D eigenvalue weighted by molar-refractivity contribution is 6.02. The normalized spacial score (nSPS) is 26.8. The van der Waals surface area contributed by atoms with E-state index in [1.165, 1.54) is 0 Å². The van der Waals surface area contributed by atoms with Crippen LogP contribution < -0.4 is 5.32 Å². The molecule has 3 unspecified atom stereocenters. The number of hydrogen-bond donors (Lipinski definition) is 2. The molecule has 0 radical (unpaired) electrons. The summed E-state index contributed by atoms with van der Waals surface area (Å²) in [5.74, 6) is -0.251. The molecular formula is C16H17NO3. The lowest BCUT2D eigenvalue weighted by Crippen LogP contribution is -2.26. The monoisotopic (exact) mass is 271 g/mol. The van der Waals surface area contributed by atoms with Crippen molar-refractivity contribution in [2.24, 2.45) is 17.8 Å². The van der Waals surface area contributed by atoms with Crippen LogP contribution in [-0.2, 0) is 4.79 Å². The Morgan fingerprint density at radius 1 is 1.25 bits per heavy atom. The number of carboxylic acid groups (broad SMARTS) is 1. The molecule has 3 rings (SSSR count). The maximum Gasteiger partial charge on any atom is 0.338 e. The summed E-state index contributed by atoms with van der Waals surface area (Å²) in [5.41, 5.74) is 1.23.